The topological polar surface area (TPSA) is 588 Å². The average molecular weight is 1870 g/mol. The Balaban J connectivity index is 0.801. The number of hydrogen-bond acceptors (Lipinski definition) is 38. The standard InChI is InChI=1S/C61H88BrN17O28P4S5/c1-31(2)33-18-47(75-9-4-44(64)69-58(75)85)100-40(33)26-97-110(114,94-17-16-93-15-14-92-13-8-67-46(81)6-11-91-12-7-63)106-37-21-49(77-23-32(3)54(82)73-60(77)87)102-41(37)27-95-109(90,113)105-36-20-51(79-30-68-52-53(79)71-57(66)72-56(52)84)103-43(36)29-98-111(115,116)107-38-22-48(76-10-5-45(65)70-59(76)86)101-42(38)28-96-108(89,112)104-35-19-50(99-39(35)25-80)78-24-34(62)55(83)74-61(78)88/h4-5,9-10,23-24,30-31,33,35-43,47-51,80H,6-8,11-22,25-29,63H2,1-3H3,(H,67,81)(H,89,112)(H,90,113)(H,115,116)(H2,64,69,85)(H2,65,70,86)(H,73,82,87)(H,74,83,88)(H3,66,71,72,84)/t33?,35?,36?,37?,38?,39-,40-,41-,42-,43-,47-,48-,49-,50-,51-,108?,109?,110?/m1/s1. The summed E-state index contributed by atoms with van der Waals surface area (Å²) in [5.41, 5.74) is 13.8. The van der Waals surface area contributed by atoms with Crippen molar-refractivity contribution < 1.29 is 97.6 Å². The molecule has 0 radical (unpaired) electrons. The lowest BCUT2D eigenvalue weighted by Crippen LogP contribution is -2.33. The van der Waals surface area contributed by atoms with Crippen molar-refractivity contribution in [2.45, 2.75) is 145 Å². The zero-order valence-electron chi connectivity index (χ0n) is 62.1. The first-order chi connectivity index (χ1) is 55.1. The molecular weight excluding hydrogens is 1780 g/mol. The van der Waals surface area contributed by atoms with Gasteiger partial charge in [-0.1, -0.05) is 50.6 Å². The van der Waals surface area contributed by atoms with Crippen molar-refractivity contribution in [3.8, 4) is 0 Å². The number of hydrogen-bond donors (Lipinski definition) is 12. The molecule has 642 valence electrons. The molecule has 116 heavy (non-hydrogen) atoms. The highest BCUT2D eigenvalue weighted by Gasteiger charge is 2.49. The first kappa shape index (κ1) is 91.6. The van der Waals surface area contributed by atoms with Gasteiger partial charge >= 0.3 is 43.1 Å². The summed E-state index contributed by atoms with van der Waals surface area (Å²) in [6.07, 6.45) is -10.2. The van der Waals surface area contributed by atoms with Gasteiger partial charge in [-0.3, -0.25) is 75.1 Å². The van der Waals surface area contributed by atoms with Crippen molar-refractivity contribution in [3.63, 3.8) is 0 Å². The number of aliphatic hydroxyl groups excluding tert-OH is 1. The van der Waals surface area contributed by atoms with Gasteiger partial charge in [0.05, 0.1) is 108 Å². The van der Waals surface area contributed by atoms with Crippen molar-refractivity contribution in [3.05, 3.63) is 126 Å². The van der Waals surface area contributed by atoms with Crippen molar-refractivity contribution in [1.29, 1.82) is 0 Å². The van der Waals surface area contributed by atoms with Gasteiger partial charge in [0.1, 0.15) is 79.4 Å². The molecule has 1 amide bonds. The van der Waals surface area contributed by atoms with Gasteiger partial charge in [0.15, 0.2) is 11.2 Å². The highest BCUT2D eigenvalue weighted by molar-refractivity contribution is 9.10. The minimum absolute atomic E-state index is 0.00724. The fourth-order valence-corrected chi connectivity index (χ4v) is 20.5. The van der Waals surface area contributed by atoms with E-state index in [2.05, 4.69) is 92.9 Å². The highest BCUT2D eigenvalue weighted by Crippen LogP contribution is 2.61. The maximum absolute atomic E-state index is 15.0. The summed E-state index contributed by atoms with van der Waals surface area (Å²) < 4.78 is 140. The third-order valence-electron chi connectivity index (χ3n) is 18.6. The van der Waals surface area contributed by atoms with E-state index < -0.39 is 178 Å². The monoisotopic (exact) mass is 1870 g/mol. The van der Waals surface area contributed by atoms with Crippen LogP contribution in [-0.4, -0.2) is 216 Å². The Kier molecular flexibility index (Phi) is 32.1. The van der Waals surface area contributed by atoms with E-state index in [4.69, 9.17) is 125 Å². The molecule has 0 saturated carbocycles. The van der Waals surface area contributed by atoms with Crippen molar-refractivity contribution in [1.82, 2.24) is 63.0 Å². The van der Waals surface area contributed by atoms with Gasteiger partial charge in [0, 0.05) is 75.5 Å². The summed E-state index contributed by atoms with van der Waals surface area (Å²) in [7, 11) is 0. The molecule has 11 rings (SSSR count). The third kappa shape index (κ3) is 24.4. The molecule has 9 unspecified atom stereocenters. The summed E-state index contributed by atoms with van der Waals surface area (Å²) in [5.74, 6) is -0.841. The number of H-pyrrole nitrogens is 3. The molecule has 5 aliphatic rings. The Bertz CT molecular complexity index is 5090. The quantitative estimate of drug-likeness (QED) is 0.0148. The van der Waals surface area contributed by atoms with Gasteiger partial charge in [0.25, 0.3) is 16.7 Å². The summed E-state index contributed by atoms with van der Waals surface area (Å²) >= 11 is 28.5. The molecule has 0 aliphatic carbocycles. The summed E-state index contributed by atoms with van der Waals surface area (Å²) in [6, 6.07) is 2.80. The molecule has 5 saturated heterocycles. The number of carbonyl (C=O) groups excluding carboxylic acids is 1. The number of anilines is 3. The SMILES string of the molecule is Cc1cn([C@H]2CC(OP(=S)(OCCOCCOCCNC(=O)CCOCCN)OC[C@H]3O[C@@H](n4ccc(N)nc4=O)CC3C(C)C)[C@@H](COP(=O)(S)OC3C[C@H](n4cnc5c(=O)[nH]c(N)nc54)O[C@@H]3COP(=S)(S)OC3C[C@H](n4ccc(N)nc4=O)O[C@@H]3COP(=O)(S)OC3C[C@H](n4cc(Br)c(=O)[nH]c4=O)O[C@@H]3CO)O2)c(=O)[nH]c1=O. The number of amides is 1. The van der Waals surface area contributed by atoms with E-state index in [1.165, 1.54) is 59.3 Å². The van der Waals surface area contributed by atoms with Crippen LogP contribution in [0.2, 0.25) is 0 Å². The second-order valence-electron chi connectivity index (χ2n) is 27.1. The second-order valence-corrected chi connectivity index (χ2v) is 41.9. The number of nitrogens with zero attached hydrogens (tertiary/aromatic N) is 9. The Morgan fingerprint density at radius 1 is 0.603 bits per heavy atom. The molecule has 5 fully saturated rings. The van der Waals surface area contributed by atoms with Crippen LogP contribution in [0.15, 0.2) is 81.3 Å². The number of carbonyl (C=O) groups is 1. The number of fused-ring (bicyclic) bond motifs is 1. The molecule has 0 aromatic carbocycles. The molecule has 19 atom stereocenters. The minimum Gasteiger partial charge on any atom is -0.394 e. The van der Waals surface area contributed by atoms with Crippen LogP contribution in [0.4, 0.5) is 17.6 Å². The van der Waals surface area contributed by atoms with Gasteiger partial charge in [-0.15, -0.1) is 0 Å². The number of aromatic amines is 3. The number of nitrogens with one attached hydrogen (secondary N) is 4. The predicted molar refractivity (Wildman–Crippen MR) is 431 cm³/mol. The number of rotatable bonds is 42. The Morgan fingerprint density at radius 2 is 1.09 bits per heavy atom. The van der Waals surface area contributed by atoms with E-state index in [1.54, 1.807) is 0 Å². The van der Waals surface area contributed by atoms with Crippen LogP contribution in [0.25, 0.3) is 11.2 Å². The number of nitrogen functional groups attached to an aromatic ring is 3. The smallest absolute Gasteiger partial charge is 0.386 e. The number of ether oxygens (including phenoxy) is 8. The van der Waals surface area contributed by atoms with Crippen LogP contribution >= 0.6 is 78.7 Å². The number of thiol groups is 3. The molecular formula is C61H88BrN17O28P4S5. The molecule has 11 heterocycles. The lowest BCUT2D eigenvalue weighted by Gasteiger charge is -2.30. The van der Waals surface area contributed by atoms with Gasteiger partial charge in [-0.2, -0.15) is 15.0 Å². The number of halogens is 1. The first-order valence-corrected chi connectivity index (χ1v) is 48.5. The van der Waals surface area contributed by atoms with Crippen molar-refractivity contribution >= 4 is 137 Å². The van der Waals surface area contributed by atoms with Gasteiger partial charge < -0.3 is 93.9 Å². The van der Waals surface area contributed by atoms with Crippen LogP contribution in [0, 0.1) is 18.8 Å². The van der Waals surface area contributed by atoms with E-state index in [0.717, 1.165) is 13.7 Å². The molecule has 5 aliphatic heterocycles. The largest absolute Gasteiger partial charge is 0.394 e. The lowest BCUT2D eigenvalue weighted by molar-refractivity contribution is -0.122. The van der Waals surface area contributed by atoms with Crippen molar-refractivity contribution in [2.75, 3.05) is 110 Å². The number of aliphatic hydroxyl groups is 1. The Labute approximate surface area is 692 Å². The van der Waals surface area contributed by atoms with Crippen molar-refractivity contribution in [2.24, 2.45) is 17.6 Å². The third-order valence-corrected chi connectivity index (χ3v) is 27.1. The molecule has 0 bridgehead atoms. The van der Waals surface area contributed by atoms with Crippen LogP contribution in [0.1, 0.15) is 89.1 Å². The van der Waals surface area contributed by atoms with Gasteiger partial charge in [0.2, 0.25) is 17.5 Å². The van der Waals surface area contributed by atoms with E-state index >= 15 is 4.57 Å². The molecule has 13 N–H and O–H groups in total. The minimum atomic E-state index is -4.74. The van der Waals surface area contributed by atoms with E-state index in [0.29, 0.717) is 19.6 Å². The zero-order valence-corrected chi connectivity index (χ0v) is 71.5. The molecule has 6 aromatic rings. The van der Waals surface area contributed by atoms with Gasteiger partial charge in [-0.05, 0) is 76.9 Å². The highest BCUT2D eigenvalue weighted by atomic mass is 79.9. The maximum atomic E-state index is 15.0. The fraction of sp³-hybridized carbons (Fsp3) is 0.639. The van der Waals surface area contributed by atoms with Crippen LogP contribution in [-0.2, 0) is 116 Å². The van der Waals surface area contributed by atoms with Crippen LogP contribution < -0.4 is 67.7 Å². The molecule has 0 spiro atoms. The summed E-state index contributed by atoms with van der Waals surface area (Å²) in [4.78, 5) is 126. The van der Waals surface area contributed by atoms with Crippen LogP contribution in [0.5, 0.6) is 0 Å². The number of aromatic nitrogens is 12. The summed E-state index contributed by atoms with van der Waals surface area (Å²) in [6.45, 7) is -9.53. The van der Waals surface area contributed by atoms with Gasteiger partial charge in [-0.25, -0.2) is 33.3 Å². The van der Waals surface area contributed by atoms with E-state index in [9.17, 15) is 48.0 Å². The lowest BCUT2D eigenvalue weighted by atomic mass is 9.89. The summed E-state index contributed by atoms with van der Waals surface area (Å²) in [5, 5.41) is 13.0. The Hall–Kier alpha value is -5.13. The van der Waals surface area contributed by atoms with Crippen LogP contribution in [0.3, 0.4) is 0 Å². The first-order valence-electron chi connectivity index (χ1n) is 35.9. The molecule has 45 nitrogen and oxygen atoms in total. The molecule has 55 heteroatoms. The maximum Gasteiger partial charge on any atom is 0.386 e. The van der Waals surface area contributed by atoms with E-state index in [-0.39, 0.29) is 141 Å². The number of aryl methyl sites for hydroxylation is 1. The Morgan fingerprint density at radius 3 is 1.68 bits per heavy atom. The second kappa shape index (κ2) is 40.7. The number of imidazole rings is 1. The normalized spacial score (nSPS) is 27.0. The number of nitrogens with two attached hydrogens (primary N) is 4. The predicted octanol–water partition coefficient (Wildman–Crippen LogP) is 1.85. The zero-order chi connectivity index (χ0) is 83.6. The molecule has 6 aromatic heterocycles. The average Bonchev–Trinajstić information content (AvgIpc) is 1.63. The fourth-order valence-electron chi connectivity index (χ4n) is 13.0. The van der Waals surface area contributed by atoms with E-state index in [1.807, 2.05) is 13.8 Å².